The summed E-state index contributed by atoms with van der Waals surface area (Å²) in [5.74, 6) is 1.25. The van der Waals surface area contributed by atoms with Crippen molar-refractivity contribution in [3.8, 4) is 0 Å². The summed E-state index contributed by atoms with van der Waals surface area (Å²) in [6, 6.07) is 0. The Morgan fingerprint density at radius 1 is 1.35 bits per heavy atom. The second-order valence-electron chi connectivity index (χ2n) is 8.17. The summed E-state index contributed by atoms with van der Waals surface area (Å²) in [7, 11) is 0. The largest absolute Gasteiger partial charge is 0.478 e. The van der Waals surface area contributed by atoms with Gasteiger partial charge in [-0.05, 0) is 42.6 Å². The maximum absolute atomic E-state index is 12.0. The van der Waals surface area contributed by atoms with Gasteiger partial charge in [0.1, 0.15) is 11.2 Å². The van der Waals surface area contributed by atoms with Gasteiger partial charge in [-0.25, -0.2) is 4.79 Å². The molecule has 0 amide bonds. The number of hydrogen-bond donors (Lipinski definition) is 1. The van der Waals surface area contributed by atoms with Crippen molar-refractivity contribution in [1.82, 2.24) is 9.80 Å². The number of morpholine rings is 1. The third kappa shape index (κ3) is 5.43. The van der Waals surface area contributed by atoms with Gasteiger partial charge in [-0.2, -0.15) is 0 Å². The van der Waals surface area contributed by atoms with Gasteiger partial charge in [-0.1, -0.05) is 27.7 Å². The second kappa shape index (κ2) is 9.18. The number of rotatable bonds is 7. The monoisotopic (exact) mass is 382 g/mol. The van der Waals surface area contributed by atoms with Crippen LogP contribution < -0.4 is 0 Å². The lowest BCUT2D eigenvalue weighted by atomic mass is 9.90. The molecule has 2 aliphatic heterocycles. The van der Waals surface area contributed by atoms with Crippen molar-refractivity contribution >= 4 is 17.7 Å². The first-order valence-corrected chi connectivity index (χ1v) is 10.7. The van der Waals surface area contributed by atoms with Crippen molar-refractivity contribution in [2.75, 3.05) is 38.6 Å². The highest BCUT2D eigenvalue weighted by atomic mass is 32.2. The first-order chi connectivity index (χ1) is 12.2. The second-order valence-corrected chi connectivity index (χ2v) is 9.53. The van der Waals surface area contributed by atoms with Crippen LogP contribution in [0, 0.1) is 5.41 Å². The van der Waals surface area contributed by atoms with Gasteiger partial charge in [0.05, 0.1) is 18.8 Å². The van der Waals surface area contributed by atoms with Crippen molar-refractivity contribution < 1.29 is 14.6 Å². The van der Waals surface area contributed by atoms with E-state index < -0.39 is 5.97 Å². The van der Waals surface area contributed by atoms with Crippen LogP contribution in [0.25, 0.3) is 0 Å². The van der Waals surface area contributed by atoms with E-state index in [2.05, 4.69) is 43.6 Å². The Bertz CT molecular complexity index is 560. The van der Waals surface area contributed by atoms with Crippen LogP contribution in [0.1, 0.15) is 47.5 Å². The van der Waals surface area contributed by atoms with Crippen LogP contribution in [0.2, 0.25) is 0 Å². The molecular weight excluding hydrogens is 348 g/mol. The standard InChI is InChI=1S/C20H34N2O3S/c1-6-26-18-17(19(23)24)15(2)14-16(21-10-12-25-13-11-21)22(18)9-7-8-20(3,4)5/h14,18H,6-13H2,1-5H3,(H,23,24). The van der Waals surface area contributed by atoms with Gasteiger partial charge in [-0.15, -0.1) is 11.8 Å². The number of carbonyl (C=O) groups is 1. The quantitative estimate of drug-likeness (QED) is 0.723. The number of carboxylic acids is 1. The summed E-state index contributed by atoms with van der Waals surface area (Å²) >= 11 is 1.71. The molecule has 1 unspecified atom stereocenters. The van der Waals surface area contributed by atoms with Gasteiger partial charge in [-0.3, -0.25) is 0 Å². The molecule has 1 N–H and O–H groups in total. The first-order valence-electron chi connectivity index (χ1n) is 9.61. The normalized spacial score (nSPS) is 21.9. The molecule has 0 aromatic heterocycles. The molecular formula is C20H34N2O3S. The number of nitrogens with zero attached hydrogens (tertiary/aromatic N) is 2. The smallest absolute Gasteiger partial charge is 0.334 e. The zero-order chi connectivity index (χ0) is 19.3. The Hall–Kier alpha value is -1.14. The molecule has 0 bridgehead atoms. The molecule has 1 saturated heterocycles. The minimum Gasteiger partial charge on any atom is -0.478 e. The summed E-state index contributed by atoms with van der Waals surface area (Å²) < 4.78 is 5.51. The van der Waals surface area contributed by atoms with Crippen LogP contribution in [0.3, 0.4) is 0 Å². The fourth-order valence-electron chi connectivity index (χ4n) is 3.51. The number of ether oxygens (including phenoxy) is 1. The molecule has 148 valence electrons. The number of hydrogen-bond acceptors (Lipinski definition) is 5. The van der Waals surface area contributed by atoms with Crippen LogP contribution in [0.5, 0.6) is 0 Å². The van der Waals surface area contributed by atoms with E-state index in [1.807, 2.05) is 6.92 Å². The topological polar surface area (TPSA) is 53.0 Å². The summed E-state index contributed by atoms with van der Waals surface area (Å²) in [5.41, 5.74) is 1.69. The molecule has 0 spiro atoms. The number of carboxylic acid groups (broad SMARTS) is 1. The number of aliphatic carboxylic acids is 1. The van der Waals surface area contributed by atoms with E-state index >= 15 is 0 Å². The molecule has 6 heteroatoms. The lowest BCUT2D eigenvalue weighted by Gasteiger charge is -2.44. The van der Waals surface area contributed by atoms with E-state index in [1.165, 1.54) is 0 Å². The average molecular weight is 383 g/mol. The third-order valence-corrected chi connectivity index (χ3v) is 5.95. The summed E-state index contributed by atoms with van der Waals surface area (Å²) in [5, 5.41) is 9.69. The highest BCUT2D eigenvalue weighted by molar-refractivity contribution is 8.00. The van der Waals surface area contributed by atoms with Crippen molar-refractivity contribution in [1.29, 1.82) is 0 Å². The highest BCUT2D eigenvalue weighted by Gasteiger charge is 2.35. The molecule has 1 atom stereocenters. The van der Waals surface area contributed by atoms with Gasteiger partial charge in [0.25, 0.3) is 0 Å². The van der Waals surface area contributed by atoms with E-state index in [0.29, 0.717) is 5.57 Å². The number of allylic oxidation sites excluding steroid dienone is 2. The Morgan fingerprint density at radius 3 is 2.54 bits per heavy atom. The van der Waals surface area contributed by atoms with Crippen LogP contribution in [-0.4, -0.2) is 64.9 Å². The Morgan fingerprint density at radius 2 is 2.00 bits per heavy atom. The van der Waals surface area contributed by atoms with E-state index in [-0.39, 0.29) is 10.8 Å². The fraction of sp³-hybridized carbons (Fsp3) is 0.750. The van der Waals surface area contributed by atoms with Crippen molar-refractivity contribution in [2.24, 2.45) is 5.41 Å². The molecule has 0 aliphatic carbocycles. The molecule has 0 saturated carbocycles. The maximum Gasteiger partial charge on any atom is 0.334 e. The molecule has 26 heavy (non-hydrogen) atoms. The highest BCUT2D eigenvalue weighted by Crippen LogP contribution is 2.36. The van der Waals surface area contributed by atoms with E-state index in [9.17, 15) is 9.90 Å². The van der Waals surface area contributed by atoms with Crippen molar-refractivity contribution in [3.05, 3.63) is 23.0 Å². The average Bonchev–Trinajstić information content (AvgIpc) is 2.56. The molecule has 2 rings (SSSR count). The molecule has 0 aromatic rings. The van der Waals surface area contributed by atoms with E-state index in [4.69, 9.17) is 4.74 Å². The molecule has 2 heterocycles. The van der Waals surface area contributed by atoms with Gasteiger partial charge in [0.2, 0.25) is 0 Å². The van der Waals surface area contributed by atoms with Crippen LogP contribution in [0.4, 0.5) is 0 Å². The van der Waals surface area contributed by atoms with Crippen LogP contribution >= 0.6 is 11.8 Å². The van der Waals surface area contributed by atoms with E-state index in [0.717, 1.165) is 62.8 Å². The zero-order valence-corrected chi connectivity index (χ0v) is 17.7. The summed E-state index contributed by atoms with van der Waals surface area (Å²) in [4.78, 5) is 16.6. The van der Waals surface area contributed by atoms with Gasteiger partial charge >= 0.3 is 5.97 Å². The van der Waals surface area contributed by atoms with Crippen LogP contribution in [0.15, 0.2) is 23.0 Å². The Kier molecular flexibility index (Phi) is 7.47. The van der Waals surface area contributed by atoms with Gasteiger partial charge in [0, 0.05) is 19.6 Å². The maximum atomic E-state index is 12.0. The van der Waals surface area contributed by atoms with Gasteiger partial charge < -0.3 is 19.6 Å². The summed E-state index contributed by atoms with van der Waals surface area (Å²) in [6.45, 7) is 14.9. The SMILES string of the molecule is CCSC1C(C(=O)O)=C(C)C=C(N2CCOCC2)N1CCCC(C)(C)C. The molecule has 1 fully saturated rings. The third-order valence-electron chi connectivity index (χ3n) is 4.81. The molecule has 2 aliphatic rings. The Labute approximate surface area is 162 Å². The lowest BCUT2D eigenvalue weighted by Crippen LogP contribution is -2.48. The first kappa shape index (κ1) is 21.2. The predicted octanol–water partition coefficient (Wildman–Crippen LogP) is 3.78. The number of thioether (sulfide) groups is 1. The Balaban J connectivity index is 2.31. The fourth-order valence-corrected chi connectivity index (χ4v) is 4.67. The lowest BCUT2D eigenvalue weighted by molar-refractivity contribution is -0.133. The zero-order valence-electron chi connectivity index (χ0n) is 16.9. The van der Waals surface area contributed by atoms with Crippen molar-refractivity contribution in [3.63, 3.8) is 0 Å². The van der Waals surface area contributed by atoms with Crippen molar-refractivity contribution in [2.45, 2.75) is 52.8 Å². The molecule has 5 nitrogen and oxygen atoms in total. The minimum atomic E-state index is -0.799. The van der Waals surface area contributed by atoms with Gasteiger partial charge in [0.15, 0.2) is 0 Å². The molecule has 0 radical (unpaired) electrons. The van der Waals surface area contributed by atoms with Crippen LogP contribution in [-0.2, 0) is 9.53 Å². The summed E-state index contributed by atoms with van der Waals surface area (Å²) in [6.07, 6.45) is 4.24. The van der Waals surface area contributed by atoms with E-state index in [1.54, 1.807) is 11.8 Å². The predicted molar refractivity (Wildman–Crippen MR) is 108 cm³/mol. The molecule has 0 aromatic carbocycles. The minimum absolute atomic E-state index is 0.125.